The van der Waals surface area contributed by atoms with Crippen molar-refractivity contribution in [1.29, 1.82) is 0 Å². The van der Waals surface area contributed by atoms with Gasteiger partial charge in [0, 0.05) is 6.54 Å². The lowest BCUT2D eigenvalue weighted by molar-refractivity contribution is -0.0810. The molecule has 3 heterocycles. The van der Waals surface area contributed by atoms with E-state index in [-0.39, 0.29) is 12.0 Å². The quantitative estimate of drug-likeness (QED) is 0.831. The van der Waals surface area contributed by atoms with Crippen LogP contribution < -0.4 is 0 Å². The molecule has 2 atom stereocenters. The van der Waals surface area contributed by atoms with Crippen LogP contribution in [0.3, 0.4) is 0 Å². The van der Waals surface area contributed by atoms with E-state index < -0.39 is 6.10 Å². The highest BCUT2D eigenvalue weighted by Crippen LogP contribution is 2.26. The highest BCUT2D eigenvalue weighted by atomic mass is 16.5. The van der Waals surface area contributed by atoms with Crippen LogP contribution in [0.15, 0.2) is 9.05 Å². The molecule has 118 valence electrons. The summed E-state index contributed by atoms with van der Waals surface area (Å²) in [6, 6.07) is 0. The van der Waals surface area contributed by atoms with Crippen molar-refractivity contribution in [2.45, 2.75) is 39.9 Å². The van der Waals surface area contributed by atoms with Gasteiger partial charge in [0.05, 0.1) is 18.3 Å². The number of carbonyl (C=O) groups excluding carboxylic acids is 1. The highest BCUT2D eigenvalue weighted by molar-refractivity contribution is 5.96. The van der Waals surface area contributed by atoms with Crippen LogP contribution in [0.1, 0.15) is 46.6 Å². The normalized spacial score (nSPS) is 22.1. The average Bonchev–Trinajstić information content (AvgIpc) is 3.04. The third-order valence-electron chi connectivity index (χ3n) is 3.61. The van der Waals surface area contributed by atoms with Crippen LogP contribution in [-0.4, -0.2) is 45.3 Å². The summed E-state index contributed by atoms with van der Waals surface area (Å²) >= 11 is 0. The van der Waals surface area contributed by atoms with Crippen LogP contribution in [-0.2, 0) is 4.74 Å². The number of aromatic nitrogens is 3. The maximum atomic E-state index is 12.7. The molecule has 0 saturated carbocycles. The van der Waals surface area contributed by atoms with E-state index in [9.17, 15) is 4.79 Å². The Morgan fingerprint density at radius 2 is 1.95 bits per heavy atom. The monoisotopic (exact) mass is 306 g/mol. The van der Waals surface area contributed by atoms with Gasteiger partial charge in [-0.3, -0.25) is 4.79 Å². The molecule has 1 aliphatic heterocycles. The first kappa shape index (κ1) is 14.7. The molecular weight excluding hydrogens is 288 g/mol. The minimum absolute atomic E-state index is 0.118. The maximum Gasteiger partial charge on any atom is 0.259 e. The second-order valence-corrected chi connectivity index (χ2v) is 5.52. The van der Waals surface area contributed by atoms with E-state index in [1.54, 1.807) is 25.7 Å². The molecule has 2 aromatic rings. The molecular formula is C14H18N4O4. The number of amides is 1. The predicted molar refractivity (Wildman–Crippen MR) is 74.2 cm³/mol. The fourth-order valence-electron chi connectivity index (χ4n) is 2.64. The van der Waals surface area contributed by atoms with Crippen molar-refractivity contribution in [3.05, 3.63) is 28.7 Å². The number of hydrogen-bond donors (Lipinski definition) is 0. The van der Waals surface area contributed by atoms with Gasteiger partial charge in [0.1, 0.15) is 11.3 Å². The largest absolute Gasteiger partial charge is 0.362 e. The number of carbonyl (C=O) groups is 1. The lowest BCUT2D eigenvalue weighted by atomic mass is 10.1. The average molecular weight is 306 g/mol. The molecule has 22 heavy (non-hydrogen) atoms. The van der Waals surface area contributed by atoms with E-state index in [1.807, 2.05) is 6.92 Å². The zero-order chi connectivity index (χ0) is 15.9. The molecule has 0 radical (unpaired) electrons. The molecule has 0 aromatic carbocycles. The minimum atomic E-state index is -0.422. The summed E-state index contributed by atoms with van der Waals surface area (Å²) in [7, 11) is 0. The number of hydrogen-bond acceptors (Lipinski definition) is 7. The molecule has 0 unspecified atom stereocenters. The molecule has 0 aliphatic carbocycles. The third kappa shape index (κ3) is 2.61. The van der Waals surface area contributed by atoms with E-state index >= 15 is 0 Å². The van der Waals surface area contributed by atoms with Gasteiger partial charge in [-0.15, -0.1) is 0 Å². The Hall–Kier alpha value is -2.22. The van der Waals surface area contributed by atoms with E-state index in [0.29, 0.717) is 41.8 Å². The van der Waals surface area contributed by atoms with Crippen LogP contribution in [0.4, 0.5) is 0 Å². The molecule has 3 rings (SSSR count). The standard InChI is InChI=1S/C14H18N4O4/c1-7-5-18(14(19)12-8(2)16-21-9(12)3)6-11(20-7)13-15-10(4)17-22-13/h7,11H,5-6H2,1-4H3/t7-,11-/m1/s1. The molecule has 1 aliphatic rings. The SMILES string of the molecule is Cc1noc([C@H]2CN(C(=O)c3c(C)noc3C)C[C@@H](C)O2)n1. The Morgan fingerprint density at radius 1 is 1.18 bits per heavy atom. The van der Waals surface area contributed by atoms with Crippen LogP contribution in [0.25, 0.3) is 0 Å². The lowest BCUT2D eigenvalue weighted by Gasteiger charge is -2.35. The molecule has 0 bridgehead atoms. The van der Waals surface area contributed by atoms with Gasteiger partial charge in [-0.25, -0.2) is 0 Å². The van der Waals surface area contributed by atoms with Gasteiger partial charge in [0.2, 0.25) is 0 Å². The zero-order valence-corrected chi connectivity index (χ0v) is 13.0. The third-order valence-corrected chi connectivity index (χ3v) is 3.61. The fraction of sp³-hybridized carbons (Fsp3) is 0.571. The second kappa shape index (κ2) is 5.53. The summed E-state index contributed by atoms with van der Waals surface area (Å²) in [4.78, 5) is 18.6. The molecule has 8 nitrogen and oxygen atoms in total. The molecule has 0 N–H and O–H groups in total. The van der Waals surface area contributed by atoms with Crippen molar-refractivity contribution in [2.75, 3.05) is 13.1 Å². The number of morpholine rings is 1. The maximum absolute atomic E-state index is 12.7. The summed E-state index contributed by atoms with van der Waals surface area (Å²) in [5.41, 5.74) is 1.10. The van der Waals surface area contributed by atoms with E-state index in [4.69, 9.17) is 13.8 Å². The Kier molecular flexibility index (Phi) is 3.69. The van der Waals surface area contributed by atoms with Crippen LogP contribution in [0.5, 0.6) is 0 Å². The van der Waals surface area contributed by atoms with E-state index in [0.717, 1.165) is 0 Å². The van der Waals surface area contributed by atoms with Crippen molar-refractivity contribution in [2.24, 2.45) is 0 Å². The Bertz CT molecular complexity index is 673. The lowest BCUT2D eigenvalue weighted by Crippen LogP contribution is -2.46. The minimum Gasteiger partial charge on any atom is -0.362 e. The summed E-state index contributed by atoms with van der Waals surface area (Å²) < 4.78 is 16.1. The number of rotatable bonds is 2. The zero-order valence-electron chi connectivity index (χ0n) is 13.0. The van der Waals surface area contributed by atoms with Gasteiger partial charge >= 0.3 is 0 Å². The summed E-state index contributed by atoms with van der Waals surface area (Å²) in [6.07, 6.45) is -0.551. The Labute approximate surface area is 127 Å². The Balaban J connectivity index is 1.83. The highest BCUT2D eigenvalue weighted by Gasteiger charge is 2.34. The van der Waals surface area contributed by atoms with Gasteiger partial charge in [-0.2, -0.15) is 4.98 Å². The molecule has 1 fully saturated rings. The van der Waals surface area contributed by atoms with Gasteiger partial charge in [-0.1, -0.05) is 10.3 Å². The van der Waals surface area contributed by atoms with Crippen molar-refractivity contribution in [1.82, 2.24) is 20.2 Å². The molecule has 1 saturated heterocycles. The molecule has 0 spiro atoms. The van der Waals surface area contributed by atoms with Crippen LogP contribution in [0, 0.1) is 20.8 Å². The summed E-state index contributed by atoms with van der Waals surface area (Å²) in [5, 5.41) is 7.61. The molecule has 8 heteroatoms. The van der Waals surface area contributed by atoms with Gasteiger partial charge in [0.15, 0.2) is 11.9 Å². The number of aryl methyl sites for hydroxylation is 3. The molecule has 2 aromatic heterocycles. The van der Waals surface area contributed by atoms with Crippen molar-refractivity contribution < 1.29 is 18.6 Å². The summed E-state index contributed by atoms with van der Waals surface area (Å²) in [6.45, 7) is 7.98. The Morgan fingerprint density at radius 3 is 2.55 bits per heavy atom. The van der Waals surface area contributed by atoms with Crippen molar-refractivity contribution in [3.8, 4) is 0 Å². The first-order valence-corrected chi connectivity index (χ1v) is 7.13. The predicted octanol–water partition coefficient (Wildman–Crippen LogP) is 1.59. The number of nitrogens with zero attached hydrogens (tertiary/aromatic N) is 4. The first-order chi connectivity index (χ1) is 10.5. The van der Waals surface area contributed by atoms with Crippen LogP contribution in [0.2, 0.25) is 0 Å². The first-order valence-electron chi connectivity index (χ1n) is 7.13. The fourth-order valence-corrected chi connectivity index (χ4v) is 2.64. The van der Waals surface area contributed by atoms with Crippen LogP contribution >= 0.6 is 0 Å². The topological polar surface area (TPSA) is 94.5 Å². The summed E-state index contributed by atoms with van der Waals surface area (Å²) in [5.74, 6) is 1.33. The van der Waals surface area contributed by atoms with Crippen molar-refractivity contribution >= 4 is 5.91 Å². The van der Waals surface area contributed by atoms with Gasteiger partial charge < -0.3 is 18.7 Å². The van der Waals surface area contributed by atoms with E-state index in [1.165, 1.54) is 0 Å². The van der Waals surface area contributed by atoms with Gasteiger partial charge in [0.25, 0.3) is 11.8 Å². The van der Waals surface area contributed by atoms with Crippen molar-refractivity contribution in [3.63, 3.8) is 0 Å². The second-order valence-electron chi connectivity index (χ2n) is 5.52. The number of ether oxygens (including phenoxy) is 1. The van der Waals surface area contributed by atoms with Gasteiger partial charge in [-0.05, 0) is 27.7 Å². The smallest absolute Gasteiger partial charge is 0.259 e. The molecule has 1 amide bonds. The van der Waals surface area contributed by atoms with E-state index in [2.05, 4.69) is 15.3 Å².